The van der Waals surface area contributed by atoms with Crippen LogP contribution in [0.4, 0.5) is 5.95 Å². The van der Waals surface area contributed by atoms with Crippen LogP contribution >= 0.6 is 11.8 Å². The maximum Gasteiger partial charge on any atom is 0.316 e. The van der Waals surface area contributed by atoms with Gasteiger partial charge in [-0.2, -0.15) is 15.0 Å². The summed E-state index contributed by atoms with van der Waals surface area (Å²) in [6.07, 6.45) is 4.98. The van der Waals surface area contributed by atoms with Crippen LogP contribution in [0.25, 0.3) is 5.95 Å². The van der Waals surface area contributed by atoms with E-state index in [4.69, 9.17) is 4.74 Å². The first kappa shape index (κ1) is 15.2. The standard InChI is InChI=1S/C12H16N6O2S/c1-3-14-10-15-11(18-6-5-13-8-18)17-12(16-10)21-7-9(19)20-4-2/h5-6,8H,3-4,7H2,1-2H3,(H,14,15,16,17). The first-order chi connectivity index (χ1) is 10.2. The summed E-state index contributed by atoms with van der Waals surface area (Å²) in [6.45, 7) is 4.77. The quantitative estimate of drug-likeness (QED) is 0.601. The van der Waals surface area contributed by atoms with E-state index >= 15 is 0 Å². The van der Waals surface area contributed by atoms with Gasteiger partial charge in [-0.1, -0.05) is 11.8 Å². The highest BCUT2D eigenvalue weighted by molar-refractivity contribution is 7.99. The zero-order valence-electron chi connectivity index (χ0n) is 11.8. The molecule has 1 N–H and O–H groups in total. The highest BCUT2D eigenvalue weighted by Gasteiger charge is 2.10. The number of thioether (sulfide) groups is 1. The van der Waals surface area contributed by atoms with E-state index in [1.165, 1.54) is 11.8 Å². The van der Waals surface area contributed by atoms with Gasteiger partial charge in [0.2, 0.25) is 11.9 Å². The van der Waals surface area contributed by atoms with E-state index < -0.39 is 0 Å². The number of nitrogens with one attached hydrogen (secondary N) is 1. The molecular formula is C12H16N6O2S. The minimum atomic E-state index is -0.294. The number of carbonyl (C=O) groups is 1. The lowest BCUT2D eigenvalue weighted by molar-refractivity contribution is -0.139. The molecule has 0 unspecified atom stereocenters. The van der Waals surface area contributed by atoms with E-state index in [0.717, 1.165) is 0 Å². The SMILES string of the molecule is CCNc1nc(SCC(=O)OCC)nc(-n2ccnc2)n1. The molecule has 0 aliphatic rings. The van der Waals surface area contributed by atoms with Gasteiger partial charge in [-0.25, -0.2) is 4.98 Å². The molecule has 0 spiro atoms. The molecule has 0 aliphatic heterocycles. The molecule has 0 aromatic carbocycles. The molecule has 0 radical (unpaired) electrons. The second kappa shape index (κ2) is 7.58. The first-order valence-electron chi connectivity index (χ1n) is 6.49. The van der Waals surface area contributed by atoms with Crippen LogP contribution in [0.5, 0.6) is 0 Å². The maximum atomic E-state index is 11.4. The number of carbonyl (C=O) groups excluding carboxylic acids is 1. The largest absolute Gasteiger partial charge is 0.465 e. The zero-order valence-corrected chi connectivity index (χ0v) is 12.6. The van der Waals surface area contributed by atoms with Gasteiger partial charge < -0.3 is 10.1 Å². The van der Waals surface area contributed by atoms with Crippen LogP contribution in [0.15, 0.2) is 23.9 Å². The number of esters is 1. The molecule has 8 nitrogen and oxygen atoms in total. The number of imidazole rings is 1. The molecular weight excluding hydrogens is 292 g/mol. The fourth-order valence-corrected chi connectivity index (χ4v) is 2.09. The number of ether oxygens (including phenoxy) is 1. The van der Waals surface area contributed by atoms with E-state index in [0.29, 0.717) is 30.2 Å². The molecule has 0 saturated carbocycles. The molecule has 112 valence electrons. The summed E-state index contributed by atoms with van der Waals surface area (Å²) in [5.74, 6) is 0.775. The summed E-state index contributed by atoms with van der Waals surface area (Å²) in [7, 11) is 0. The third kappa shape index (κ3) is 4.42. The third-order valence-corrected chi connectivity index (χ3v) is 3.12. The number of rotatable bonds is 7. The number of nitrogens with zero attached hydrogens (tertiary/aromatic N) is 5. The molecule has 21 heavy (non-hydrogen) atoms. The molecule has 9 heteroatoms. The summed E-state index contributed by atoms with van der Waals surface area (Å²) < 4.78 is 6.56. The minimum Gasteiger partial charge on any atom is -0.465 e. The van der Waals surface area contributed by atoms with Crippen LogP contribution in [0.3, 0.4) is 0 Å². The van der Waals surface area contributed by atoms with Crippen molar-refractivity contribution in [2.24, 2.45) is 0 Å². The second-order valence-electron chi connectivity index (χ2n) is 3.84. The van der Waals surface area contributed by atoms with Gasteiger partial charge in [0.1, 0.15) is 6.33 Å². The normalized spacial score (nSPS) is 10.4. The topological polar surface area (TPSA) is 94.8 Å². The van der Waals surface area contributed by atoms with Crippen molar-refractivity contribution in [3.8, 4) is 5.95 Å². The van der Waals surface area contributed by atoms with Gasteiger partial charge in [0.05, 0.1) is 12.4 Å². The lowest BCUT2D eigenvalue weighted by Crippen LogP contribution is -2.11. The summed E-state index contributed by atoms with van der Waals surface area (Å²) in [4.78, 5) is 28.2. The maximum absolute atomic E-state index is 11.4. The molecule has 2 heterocycles. The number of anilines is 1. The van der Waals surface area contributed by atoms with Gasteiger partial charge >= 0.3 is 5.97 Å². The number of hydrogen-bond donors (Lipinski definition) is 1. The van der Waals surface area contributed by atoms with E-state index in [2.05, 4.69) is 25.3 Å². The van der Waals surface area contributed by atoms with Crippen molar-refractivity contribution in [1.29, 1.82) is 0 Å². The van der Waals surface area contributed by atoms with Crippen molar-refractivity contribution in [2.75, 3.05) is 24.2 Å². The molecule has 0 amide bonds. The lowest BCUT2D eigenvalue weighted by Gasteiger charge is -2.07. The van der Waals surface area contributed by atoms with Crippen LogP contribution in [0.1, 0.15) is 13.8 Å². The predicted molar refractivity (Wildman–Crippen MR) is 78.5 cm³/mol. The Morgan fingerprint density at radius 3 is 2.90 bits per heavy atom. The van der Waals surface area contributed by atoms with Crippen LogP contribution in [-0.4, -0.2) is 49.4 Å². The Morgan fingerprint density at radius 1 is 1.38 bits per heavy atom. The van der Waals surface area contributed by atoms with E-state index in [1.54, 1.807) is 30.2 Å². The Kier molecular flexibility index (Phi) is 5.50. The average Bonchev–Trinajstić information content (AvgIpc) is 3.00. The number of aromatic nitrogens is 5. The fourth-order valence-electron chi connectivity index (χ4n) is 1.47. The van der Waals surface area contributed by atoms with E-state index in [9.17, 15) is 4.79 Å². The van der Waals surface area contributed by atoms with Crippen molar-refractivity contribution in [1.82, 2.24) is 24.5 Å². The summed E-state index contributed by atoms with van der Waals surface area (Å²) in [5.41, 5.74) is 0. The van der Waals surface area contributed by atoms with Crippen molar-refractivity contribution < 1.29 is 9.53 Å². The van der Waals surface area contributed by atoms with Crippen LogP contribution in [0.2, 0.25) is 0 Å². The van der Waals surface area contributed by atoms with Crippen LogP contribution in [-0.2, 0) is 9.53 Å². The van der Waals surface area contributed by atoms with Crippen LogP contribution < -0.4 is 5.32 Å². The fraction of sp³-hybridized carbons (Fsp3) is 0.417. The minimum absolute atomic E-state index is 0.160. The molecule has 2 aromatic heterocycles. The Balaban J connectivity index is 2.17. The van der Waals surface area contributed by atoms with Gasteiger partial charge in [0.15, 0.2) is 5.16 Å². The van der Waals surface area contributed by atoms with Crippen molar-refractivity contribution in [3.63, 3.8) is 0 Å². The van der Waals surface area contributed by atoms with Crippen molar-refractivity contribution >= 4 is 23.7 Å². The van der Waals surface area contributed by atoms with Gasteiger partial charge in [-0.15, -0.1) is 0 Å². The smallest absolute Gasteiger partial charge is 0.316 e. The average molecular weight is 308 g/mol. The molecule has 0 saturated heterocycles. The van der Waals surface area contributed by atoms with Crippen LogP contribution in [0, 0.1) is 0 Å². The Bertz CT molecular complexity index is 589. The summed E-state index contributed by atoms with van der Waals surface area (Å²) in [5, 5.41) is 3.49. The molecule has 0 fully saturated rings. The van der Waals surface area contributed by atoms with Gasteiger partial charge in [0, 0.05) is 18.9 Å². The predicted octanol–water partition coefficient (Wildman–Crippen LogP) is 1.14. The van der Waals surface area contributed by atoms with Gasteiger partial charge in [-0.05, 0) is 13.8 Å². The Morgan fingerprint density at radius 2 is 2.24 bits per heavy atom. The molecule has 2 rings (SSSR count). The first-order valence-corrected chi connectivity index (χ1v) is 7.48. The Hall–Kier alpha value is -2.16. The van der Waals surface area contributed by atoms with Gasteiger partial charge in [-0.3, -0.25) is 9.36 Å². The highest BCUT2D eigenvalue weighted by Crippen LogP contribution is 2.16. The Labute approximate surface area is 126 Å². The number of hydrogen-bond acceptors (Lipinski definition) is 8. The zero-order chi connectivity index (χ0) is 15.1. The molecule has 2 aromatic rings. The summed E-state index contributed by atoms with van der Waals surface area (Å²) in [6, 6.07) is 0. The van der Waals surface area contributed by atoms with Crippen molar-refractivity contribution in [3.05, 3.63) is 18.7 Å². The third-order valence-electron chi connectivity index (χ3n) is 2.30. The lowest BCUT2D eigenvalue weighted by atomic mass is 10.7. The van der Waals surface area contributed by atoms with Crippen molar-refractivity contribution in [2.45, 2.75) is 19.0 Å². The second-order valence-corrected chi connectivity index (χ2v) is 4.78. The monoisotopic (exact) mass is 308 g/mol. The van der Waals surface area contributed by atoms with E-state index in [1.807, 2.05) is 6.92 Å². The molecule has 0 aliphatic carbocycles. The van der Waals surface area contributed by atoms with E-state index in [-0.39, 0.29) is 11.7 Å². The molecule has 0 bridgehead atoms. The van der Waals surface area contributed by atoms with Gasteiger partial charge in [0.25, 0.3) is 0 Å². The molecule has 0 atom stereocenters. The highest BCUT2D eigenvalue weighted by atomic mass is 32.2. The summed E-state index contributed by atoms with van der Waals surface area (Å²) >= 11 is 1.21.